The molecule has 0 radical (unpaired) electrons. The number of hydrogen-bond donors (Lipinski definition) is 1. The number of pyridine rings is 1. The minimum atomic E-state index is -0.000836. The van der Waals surface area contributed by atoms with Crippen molar-refractivity contribution in [1.29, 1.82) is 0 Å². The average Bonchev–Trinajstić information content (AvgIpc) is 2.45. The molecule has 0 aliphatic rings. The van der Waals surface area contributed by atoms with Crippen molar-refractivity contribution >= 4 is 22.4 Å². The van der Waals surface area contributed by atoms with Crippen LogP contribution >= 0.6 is 11.6 Å². The van der Waals surface area contributed by atoms with E-state index in [1.54, 1.807) is 6.20 Å². The van der Waals surface area contributed by atoms with Crippen molar-refractivity contribution in [2.45, 2.75) is 13.5 Å². The molecule has 3 aromatic rings. The molecule has 0 amide bonds. The fraction of sp³-hybridized carbons (Fsp3) is 0.118. The number of aromatic nitrogens is 1. The summed E-state index contributed by atoms with van der Waals surface area (Å²) in [6.07, 6.45) is 1.69. The van der Waals surface area contributed by atoms with E-state index in [2.05, 4.69) is 30.1 Å². The topological polar surface area (TPSA) is 33.1 Å². The highest BCUT2D eigenvalue weighted by atomic mass is 35.5. The maximum absolute atomic E-state index is 9.63. The molecule has 0 spiro atoms. The standard InChI is InChI=1S/C17H14ClNO/c1-11-2-3-12-4-5-14(10-20)17(15(12)8-11)13-6-7-19-16(18)9-13/h2-9,20H,10H2,1H3. The SMILES string of the molecule is Cc1ccc2ccc(CO)c(-c3ccnc(Cl)c3)c2c1. The van der Waals surface area contributed by atoms with Gasteiger partial charge in [0.15, 0.2) is 0 Å². The van der Waals surface area contributed by atoms with Crippen LogP contribution in [0.2, 0.25) is 5.15 Å². The monoisotopic (exact) mass is 283 g/mol. The fourth-order valence-electron chi connectivity index (χ4n) is 2.51. The highest BCUT2D eigenvalue weighted by Crippen LogP contribution is 2.33. The number of rotatable bonds is 2. The fourth-order valence-corrected chi connectivity index (χ4v) is 2.68. The Hall–Kier alpha value is -1.90. The Morgan fingerprint density at radius 1 is 1.10 bits per heavy atom. The van der Waals surface area contributed by atoms with Crippen LogP contribution < -0.4 is 0 Å². The molecular formula is C17H14ClNO. The number of aliphatic hydroxyl groups excluding tert-OH is 1. The van der Waals surface area contributed by atoms with Crippen LogP contribution in [0.4, 0.5) is 0 Å². The molecule has 0 aliphatic carbocycles. The molecule has 0 saturated carbocycles. The summed E-state index contributed by atoms with van der Waals surface area (Å²) in [6, 6.07) is 14.1. The summed E-state index contributed by atoms with van der Waals surface area (Å²) in [5.74, 6) is 0. The summed E-state index contributed by atoms with van der Waals surface area (Å²) in [7, 11) is 0. The molecule has 0 fully saturated rings. The first-order valence-electron chi connectivity index (χ1n) is 6.44. The lowest BCUT2D eigenvalue weighted by atomic mass is 9.93. The number of hydrogen-bond acceptors (Lipinski definition) is 2. The first-order valence-corrected chi connectivity index (χ1v) is 6.82. The largest absolute Gasteiger partial charge is 0.392 e. The van der Waals surface area contributed by atoms with Gasteiger partial charge in [-0.25, -0.2) is 4.98 Å². The quantitative estimate of drug-likeness (QED) is 0.709. The smallest absolute Gasteiger partial charge is 0.129 e. The van der Waals surface area contributed by atoms with Gasteiger partial charge in [-0.15, -0.1) is 0 Å². The van der Waals surface area contributed by atoms with E-state index in [1.165, 1.54) is 5.56 Å². The molecule has 1 heterocycles. The van der Waals surface area contributed by atoms with E-state index in [0.717, 1.165) is 27.5 Å². The van der Waals surface area contributed by atoms with E-state index in [0.29, 0.717) is 5.15 Å². The summed E-state index contributed by atoms with van der Waals surface area (Å²) in [6.45, 7) is 2.06. The molecule has 1 aromatic heterocycles. The number of fused-ring (bicyclic) bond motifs is 1. The predicted octanol–water partition coefficient (Wildman–Crippen LogP) is 4.36. The Morgan fingerprint density at radius 3 is 2.65 bits per heavy atom. The van der Waals surface area contributed by atoms with Crippen LogP contribution in [0.5, 0.6) is 0 Å². The second kappa shape index (κ2) is 5.23. The van der Waals surface area contributed by atoms with Crippen molar-refractivity contribution in [3.63, 3.8) is 0 Å². The van der Waals surface area contributed by atoms with E-state index in [4.69, 9.17) is 11.6 Å². The molecule has 2 aromatic carbocycles. The van der Waals surface area contributed by atoms with Crippen molar-refractivity contribution in [2.24, 2.45) is 0 Å². The Kier molecular flexibility index (Phi) is 3.43. The molecule has 3 heteroatoms. The first kappa shape index (κ1) is 13.1. The maximum atomic E-state index is 9.63. The van der Waals surface area contributed by atoms with Crippen LogP contribution in [0.15, 0.2) is 48.7 Å². The average molecular weight is 284 g/mol. The third-order valence-corrected chi connectivity index (χ3v) is 3.66. The lowest BCUT2D eigenvalue weighted by Gasteiger charge is -2.13. The molecule has 2 nitrogen and oxygen atoms in total. The molecule has 0 unspecified atom stereocenters. The summed E-state index contributed by atoms with van der Waals surface area (Å²) < 4.78 is 0. The predicted molar refractivity (Wildman–Crippen MR) is 82.8 cm³/mol. The van der Waals surface area contributed by atoms with Gasteiger partial charge in [-0.3, -0.25) is 0 Å². The van der Waals surface area contributed by atoms with Crippen LogP contribution in [0, 0.1) is 6.92 Å². The number of benzene rings is 2. The van der Waals surface area contributed by atoms with E-state index >= 15 is 0 Å². The summed E-state index contributed by atoms with van der Waals surface area (Å²) in [5, 5.41) is 12.4. The van der Waals surface area contributed by atoms with Crippen molar-refractivity contribution < 1.29 is 5.11 Å². The lowest BCUT2D eigenvalue weighted by Crippen LogP contribution is -1.92. The van der Waals surface area contributed by atoms with Gasteiger partial charge in [0.2, 0.25) is 0 Å². The molecule has 3 rings (SSSR count). The highest BCUT2D eigenvalue weighted by molar-refractivity contribution is 6.29. The molecule has 0 bridgehead atoms. The van der Waals surface area contributed by atoms with E-state index in [-0.39, 0.29) is 6.61 Å². The van der Waals surface area contributed by atoms with Gasteiger partial charge >= 0.3 is 0 Å². The zero-order valence-corrected chi connectivity index (χ0v) is 11.9. The van der Waals surface area contributed by atoms with Gasteiger partial charge in [-0.05, 0) is 46.5 Å². The normalized spacial score (nSPS) is 10.9. The third kappa shape index (κ3) is 2.28. The Morgan fingerprint density at radius 2 is 1.90 bits per heavy atom. The van der Waals surface area contributed by atoms with Crippen molar-refractivity contribution in [2.75, 3.05) is 0 Å². The Labute approximate surface area is 122 Å². The van der Waals surface area contributed by atoms with Crippen LogP contribution in [0.25, 0.3) is 21.9 Å². The molecule has 1 N–H and O–H groups in total. The second-order valence-corrected chi connectivity index (χ2v) is 5.24. The van der Waals surface area contributed by atoms with Crippen molar-refractivity contribution in [1.82, 2.24) is 4.98 Å². The molecule has 20 heavy (non-hydrogen) atoms. The molecule has 0 aliphatic heterocycles. The van der Waals surface area contributed by atoms with Gasteiger partial charge in [0, 0.05) is 6.20 Å². The summed E-state index contributed by atoms with van der Waals surface area (Å²) in [5.41, 5.74) is 4.09. The lowest BCUT2D eigenvalue weighted by molar-refractivity contribution is 0.282. The number of aryl methyl sites for hydroxylation is 1. The van der Waals surface area contributed by atoms with E-state index < -0.39 is 0 Å². The van der Waals surface area contributed by atoms with E-state index in [1.807, 2.05) is 24.3 Å². The van der Waals surface area contributed by atoms with Gasteiger partial charge in [0.05, 0.1) is 6.61 Å². The molecule has 0 atom stereocenters. The van der Waals surface area contributed by atoms with Crippen molar-refractivity contribution in [3.05, 3.63) is 64.9 Å². The number of aliphatic hydroxyl groups is 1. The maximum Gasteiger partial charge on any atom is 0.129 e. The molecule has 0 saturated heterocycles. The highest BCUT2D eigenvalue weighted by Gasteiger charge is 2.10. The summed E-state index contributed by atoms with van der Waals surface area (Å²) in [4.78, 5) is 4.02. The van der Waals surface area contributed by atoms with E-state index in [9.17, 15) is 5.11 Å². The van der Waals surface area contributed by atoms with Crippen molar-refractivity contribution in [3.8, 4) is 11.1 Å². The Bertz CT molecular complexity index is 783. The zero-order chi connectivity index (χ0) is 14.1. The first-order chi connectivity index (χ1) is 9.69. The van der Waals surface area contributed by atoms with Gasteiger partial charge in [0.1, 0.15) is 5.15 Å². The third-order valence-electron chi connectivity index (χ3n) is 3.45. The summed E-state index contributed by atoms with van der Waals surface area (Å²) >= 11 is 6.00. The minimum Gasteiger partial charge on any atom is -0.392 e. The minimum absolute atomic E-state index is 0.000836. The zero-order valence-electron chi connectivity index (χ0n) is 11.1. The van der Waals surface area contributed by atoms with Crippen LogP contribution in [-0.4, -0.2) is 10.1 Å². The number of halogens is 1. The van der Waals surface area contributed by atoms with Gasteiger partial charge in [-0.2, -0.15) is 0 Å². The van der Waals surface area contributed by atoms with Gasteiger partial charge < -0.3 is 5.11 Å². The van der Waals surface area contributed by atoms with Crippen LogP contribution in [0.1, 0.15) is 11.1 Å². The number of nitrogens with zero attached hydrogens (tertiary/aromatic N) is 1. The van der Waals surface area contributed by atoms with Crippen LogP contribution in [0.3, 0.4) is 0 Å². The molecular weight excluding hydrogens is 270 g/mol. The second-order valence-electron chi connectivity index (χ2n) is 4.85. The van der Waals surface area contributed by atoms with Gasteiger partial charge in [0.25, 0.3) is 0 Å². The van der Waals surface area contributed by atoms with Gasteiger partial charge in [-0.1, -0.05) is 47.5 Å². The Balaban J connectivity index is 2.39. The molecule has 100 valence electrons. The van der Waals surface area contributed by atoms with Crippen LogP contribution in [-0.2, 0) is 6.61 Å².